The quantitative estimate of drug-likeness (QED) is 0.619. The highest BCUT2D eigenvalue weighted by Crippen LogP contribution is 2.23. The molecule has 0 bridgehead atoms. The molecule has 1 aliphatic rings. The Hall–Kier alpha value is -2.97. The van der Waals surface area contributed by atoms with Crippen molar-refractivity contribution in [3.8, 4) is 5.75 Å². The van der Waals surface area contributed by atoms with E-state index in [4.69, 9.17) is 9.47 Å². The van der Waals surface area contributed by atoms with Crippen molar-refractivity contribution >= 4 is 11.4 Å². The van der Waals surface area contributed by atoms with Gasteiger partial charge in [0.1, 0.15) is 12.4 Å². The Balaban J connectivity index is 1.53. The molecule has 30 heavy (non-hydrogen) atoms. The number of aliphatic hydroxyl groups excluding tert-OH is 1. The van der Waals surface area contributed by atoms with Crippen LogP contribution in [-0.2, 0) is 11.3 Å². The number of fused-ring (bicyclic) bond motifs is 1. The number of ether oxygens (including phenoxy) is 2. The normalized spacial score (nSPS) is 15.8. The molecule has 0 spiro atoms. The predicted molar refractivity (Wildman–Crippen MR) is 110 cm³/mol. The van der Waals surface area contributed by atoms with Gasteiger partial charge in [0.15, 0.2) is 0 Å². The van der Waals surface area contributed by atoms with Gasteiger partial charge in [-0.25, -0.2) is 4.52 Å². The van der Waals surface area contributed by atoms with E-state index in [1.165, 1.54) is 0 Å². The van der Waals surface area contributed by atoms with Gasteiger partial charge in [-0.1, -0.05) is 6.07 Å². The third-order valence-electron chi connectivity index (χ3n) is 5.47. The topological polar surface area (TPSA) is 98.0 Å². The molecular formula is C22H26N4O4. The zero-order chi connectivity index (χ0) is 20.9. The van der Waals surface area contributed by atoms with E-state index in [1.807, 2.05) is 24.3 Å². The number of aliphatic hydroxyl groups is 1. The summed E-state index contributed by atoms with van der Waals surface area (Å²) >= 11 is 0. The third-order valence-corrected chi connectivity index (χ3v) is 5.47. The molecule has 0 radical (unpaired) electrons. The molecule has 0 aliphatic carbocycles. The second-order valence-electron chi connectivity index (χ2n) is 7.47. The number of carbonyl (C=O) groups is 1. The summed E-state index contributed by atoms with van der Waals surface area (Å²) in [5.74, 6) is 0.590. The van der Waals surface area contributed by atoms with Crippen molar-refractivity contribution in [2.75, 3.05) is 19.8 Å². The lowest BCUT2D eigenvalue weighted by atomic mass is 9.92. The monoisotopic (exact) mass is 410 g/mol. The standard InChI is InChI=1S/C22H26N4O4/c1-15-21(22(28)24-19(13-27)16-6-10-29-11-7-16)20-12-18(5-9-26(20)25-15)30-14-17-4-2-3-8-23-17/h2-5,8-9,12,16,19,27H,6-7,10-11,13-14H2,1H3,(H,24,28). The number of aromatic nitrogens is 3. The Morgan fingerprint density at radius 2 is 2.20 bits per heavy atom. The number of amides is 1. The molecule has 4 heterocycles. The van der Waals surface area contributed by atoms with Gasteiger partial charge in [-0.05, 0) is 43.9 Å². The van der Waals surface area contributed by atoms with Crippen LogP contribution in [0, 0.1) is 12.8 Å². The number of aryl methyl sites for hydroxylation is 1. The Kier molecular flexibility index (Phi) is 6.25. The molecule has 1 atom stereocenters. The van der Waals surface area contributed by atoms with E-state index in [2.05, 4.69) is 15.4 Å². The minimum atomic E-state index is -0.306. The molecule has 4 rings (SSSR count). The first-order chi connectivity index (χ1) is 14.7. The molecule has 3 aromatic heterocycles. The fraction of sp³-hybridized carbons (Fsp3) is 0.409. The van der Waals surface area contributed by atoms with Crippen molar-refractivity contribution in [1.82, 2.24) is 19.9 Å². The van der Waals surface area contributed by atoms with Gasteiger partial charge in [-0.3, -0.25) is 9.78 Å². The molecule has 1 saturated heterocycles. The second-order valence-corrected chi connectivity index (χ2v) is 7.47. The zero-order valence-corrected chi connectivity index (χ0v) is 17.0. The summed E-state index contributed by atoms with van der Waals surface area (Å²) in [4.78, 5) is 17.3. The first-order valence-electron chi connectivity index (χ1n) is 10.2. The van der Waals surface area contributed by atoms with E-state index in [0.29, 0.717) is 42.3 Å². The van der Waals surface area contributed by atoms with Crippen LogP contribution in [-0.4, -0.2) is 51.5 Å². The van der Waals surface area contributed by atoms with E-state index in [1.54, 1.807) is 29.9 Å². The summed E-state index contributed by atoms with van der Waals surface area (Å²) in [7, 11) is 0. The number of carbonyl (C=O) groups excluding carboxylic acids is 1. The smallest absolute Gasteiger partial charge is 0.255 e. The molecule has 158 valence electrons. The lowest BCUT2D eigenvalue weighted by Crippen LogP contribution is -2.44. The SMILES string of the molecule is Cc1nn2ccc(OCc3ccccn3)cc2c1C(=O)NC(CO)C1CCOCC1. The van der Waals surface area contributed by atoms with Gasteiger partial charge in [0.05, 0.1) is 35.1 Å². The molecular weight excluding hydrogens is 384 g/mol. The van der Waals surface area contributed by atoms with Gasteiger partial charge in [-0.2, -0.15) is 5.10 Å². The summed E-state index contributed by atoms with van der Waals surface area (Å²) < 4.78 is 12.9. The van der Waals surface area contributed by atoms with E-state index in [0.717, 1.165) is 18.5 Å². The van der Waals surface area contributed by atoms with Crippen LogP contribution < -0.4 is 10.1 Å². The van der Waals surface area contributed by atoms with E-state index in [-0.39, 0.29) is 24.5 Å². The van der Waals surface area contributed by atoms with Gasteiger partial charge < -0.3 is 19.9 Å². The average Bonchev–Trinajstić information content (AvgIpc) is 3.12. The predicted octanol–water partition coefficient (Wildman–Crippen LogP) is 2.13. The largest absolute Gasteiger partial charge is 0.487 e. The van der Waals surface area contributed by atoms with Gasteiger partial charge in [0.2, 0.25) is 0 Å². The molecule has 1 unspecified atom stereocenters. The summed E-state index contributed by atoms with van der Waals surface area (Å²) in [6, 6.07) is 8.97. The fourth-order valence-electron chi connectivity index (χ4n) is 3.83. The molecule has 0 aromatic carbocycles. The Morgan fingerprint density at radius 1 is 1.37 bits per heavy atom. The van der Waals surface area contributed by atoms with Gasteiger partial charge in [-0.15, -0.1) is 0 Å². The van der Waals surface area contributed by atoms with E-state index >= 15 is 0 Å². The fourth-order valence-corrected chi connectivity index (χ4v) is 3.83. The maximum atomic E-state index is 13.1. The van der Waals surface area contributed by atoms with Crippen molar-refractivity contribution < 1.29 is 19.4 Å². The maximum Gasteiger partial charge on any atom is 0.255 e. The molecule has 3 aromatic rings. The number of pyridine rings is 2. The van der Waals surface area contributed by atoms with Crippen LogP contribution >= 0.6 is 0 Å². The molecule has 0 saturated carbocycles. The van der Waals surface area contributed by atoms with Crippen molar-refractivity contribution in [2.45, 2.75) is 32.4 Å². The van der Waals surface area contributed by atoms with Gasteiger partial charge >= 0.3 is 0 Å². The first-order valence-corrected chi connectivity index (χ1v) is 10.2. The van der Waals surface area contributed by atoms with Crippen LogP contribution in [0.5, 0.6) is 5.75 Å². The van der Waals surface area contributed by atoms with Crippen LogP contribution in [0.3, 0.4) is 0 Å². The van der Waals surface area contributed by atoms with E-state index < -0.39 is 0 Å². The summed E-state index contributed by atoms with van der Waals surface area (Å²) in [5, 5.41) is 17.3. The van der Waals surface area contributed by atoms with Crippen molar-refractivity contribution in [3.05, 3.63) is 59.7 Å². The first kappa shape index (κ1) is 20.3. The molecule has 8 nitrogen and oxygen atoms in total. The average molecular weight is 410 g/mol. The number of hydrogen-bond donors (Lipinski definition) is 2. The minimum absolute atomic E-state index is 0.104. The number of nitrogens with zero attached hydrogens (tertiary/aromatic N) is 3. The van der Waals surface area contributed by atoms with Crippen molar-refractivity contribution in [3.63, 3.8) is 0 Å². The molecule has 1 fully saturated rings. The van der Waals surface area contributed by atoms with Crippen LogP contribution in [0.15, 0.2) is 42.7 Å². The number of rotatable bonds is 7. The van der Waals surface area contributed by atoms with Gasteiger partial charge in [0, 0.05) is 31.7 Å². The maximum absolute atomic E-state index is 13.1. The van der Waals surface area contributed by atoms with Crippen molar-refractivity contribution in [1.29, 1.82) is 0 Å². The lowest BCUT2D eigenvalue weighted by molar-refractivity contribution is 0.0420. The second kappa shape index (κ2) is 9.23. The lowest BCUT2D eigenvalue weighted by Gasteiger charge is -2.29. The Bertz CT molecular complexity index is 999. The van der Waals surface area contributed by atoms with Gasteiger partial charge in [0.25, 0.3) is 5.91 Å². The zero-order valence-electron chi connectivity index (χ0n) is 17.0. The summed E-state index contributed by atoms with van der Waals surface area (Å²) in [6.45, 7) is 3.35. The van der Waals surface area contributed by atoms with Crippen LogP contribution in [0.1, 0.15) is 34.6 Å². The molecule has 2 N–H and O–H groups in total. The van der Waals surface area contributed by atoms with E-state index in [9.17, 15) is 9.90 Å². The van der Waals surface area contributed by atoms with Crippen LogP contribution in [0.25, 0.3) is 5.52 Å². The van der Waals surface area contributed by atoms with Crippen molar-refractivity contribution in [2.24, 2.45) is 5.92 Å². The third kappa shape index (κ3) is 4.44. The molecule has 8 heteroatoms. The minimum Gasteiger partial charge on any atom is -0.487 e. The summed E-state index contributed by atoms with van der Waals surface area (Å²) in [6.07, 6.45) is 5.14. The summed E-state index contributed by atoms with van der Waals surface area (Å²) in [5.41, 5.74) is 2.59. The number of hydrogen-bond acceptors (Lipinski definition) is 6. The van der Waals surface area contributed by atoms with Crippen LogP contribution in [0.2, 0.25) is 0 Å². The Labute approximate surface area is 174 Å². The Morgan fingerprint density at radius 3 is 2.93 bits per heavy atom. The highest BCUT2D eigenvalue weighted by atomic mass is 16.5. The number of nitrogens with one attached hydrogen (secondary N) is 1. The highest BCUT2D eigenvalue weighted by molar-refractivity contribution is 6.02. The molecule has 1 amide bonds. The highest BCUT2D eigenvalue weighted by Gasteiger charge is 2.27. The van der Waals surface area contributed by atoms with Crippen LogP contribution in [0.4, 0.5) is 0 Å². The molecule has 1 aliphatic heterocycles.